The highest BCUT2D eigenvalue weighted by Gasteiger charge is 2.05. The molecule has 96 valence electrons. The van der Waals surface area contributed by atoms with Crippen LogP contribution < -0.4 is 0 Å². The number of carbonyl (C=O) groups excluding carboxylic acids is 1. The van der Waals surface area contributed by atoms with Crippen LogP contribution in [0.3, 0.4) is 0 Å². The molecule has 0 radical (unpaired) electrons. The third kappa shape index (κ3) is 4.00. The van der Waals surface area contributed by atoms with Crippen LogP contribution in [0.15, 0.2) is 60.7 Å². The molecule has 3 heteroatoms. The Labute approximate surface area is 111 Å². The number of aromatic hydroxyl groups is 1. The highest BCUT2D eigenvalue weighted by molar-refractivity contribution is 5.89. The van der Waals surface area contributed by atoms with Crippen molar-refractivity contribution in [2.75, 3.05) is 6.61 Å². The second kappa shape index (κ2) is 6.40. The molecule has 0 saturated heterocycles. The first-order valence-electron chi connectivity index (χ1n) is 5.93. The molecular formula is C16H14O3. The lowest BCUT2D eigenvalue weighted by Gasteiger charge is -2.01. The minimum atomic E-state index is -0.405. The summed E-state index contributed by atoms with van der Waals surface area (Å²) in [7, 11) is 0. The minimum Gasteiger partial charge on any atom is -0.508 e. The Bertz CT molecular complexity index is 556. The molecule has 1 N–H and O–H groups in total. The summed E-state index contributed by atoms with van der Waals surface area (Å²) < 4.78 is 5.08. The van der Waals surface area contributed by atoms with Gasteiger partial charge in [-0.25, -0.2) is 4.79 Å². The summed E-state index contributed by atoms with van der Waals surface area (Å²) >= 11 is 0. The first-order chi connectivity index (χ1) is 9.25. The van der Waals surface area contributed by atoms with Gasteiger partial charge in [-0.05, 0) is 35.9 Å². The molecule has 0 aliphatic carbocycles. The molecule has 0 bridgehead atoms. The Morgan fingerprint density at radius 2 is 1.74 bits per heavy atom. The summed E-state index contributed by atoms with van der Waals surface area (Å²) in [6.07, 6.45) is 3.68. The second-order valence-corrected chi connectivity index (χ2v) is 3.96. The van der Waals surface area contributed by atoms with Crippen molar-refractivity contribution in [2.24, 2.45) is 0 Å². The Kier molecular flexibility index (Phi) is 4.34. The van der Waals surface area contributed by atoms with Crippen molar-refractivity contribution in [3.63, 3.8) is 0 Å². The first-order valence-corrected chi connectivity index (χ1v) is 5.93. The zero-order valence-corrected chi connectivity index (χ0v) is 10.3. The highest BCUT2D eigenvalue weighted by Crippen LogP contribution is 2.10. The van der Waals surface area contributed by atoms with Gasteiger partial charge in [0.25, 0.3) is 0 Å². The van der Waals surface area contributed by atoms with Gasteiger partial charge in [-0.2, -0.15) is 0 Å². The van der Waals surface area contributed by atoms with Crippen molar-refractivity contribution in [1.29, 1.82) is 0 Å². The Hall–Kier alpha value is -2.55. The van der Waals surface area contributed by atoms with Gasteiger partial charge < -0.3 is 9.84 Å². The summed E-state index contributed by atoms with van der Waals surface area (Å²) in [5.74, 6) is -0.279. The van der Waals surface area contributed by atoms with Gasteiger partial charge >= 0.3 is 5.97 Å². The smallest absolute Gasteiger partial charge is 0.338 e. The number of hydrogen-bond donors (Lipinski definition) is 1. The van der Waals surface area contributed by atoms with Gasteiger partial charge in [-0.15, -0.1) is 0 Å². The minimum absolute atomic E-state index is 0.125. The molecule has 0 saturated carbocycles. The average molecular weight is 254 g/mol. The number of phenolic OH excluding ortho intramolecular Hbond substituents is 1. The molecule has 0 aromatic heterocycles. The van der Waals surface area contributed by atoms with Crippen LogP contribution in [-0.4, -0.2) is 17.7 Å². The van der Waals surface area contributed by atoms with E-state index in [2.05, 4.69) is 0 Å². The predicted octanol–water partition coefficient (Wildman–Crippen LogP) is 3.26. The molecule has 0 heterocycles. The molecule has 0 aliphatic heterocycles. The van der Waals surface area contributed by atoms with E-state index in [0.29, 0.717) is 5.56 Å². The van der Waals surface area contributed by atoms with Crippen LogP contribution >= 0.6 is 0 Å². The van der Waals surface area contributed by atoms with Crippen molar-refractivity contribution >= 4 is 12.0 Å². The third-order valence-electron chi connectivity index (χ3n) is 2.52. The van der Waals surface area contributed by atoms with Crippen LogP contribution in [0.25, 0.3) is 6.08 Å². The molecule has 2 aromatic rings. The Balaban J connectivity index is 1.84. The van der Waals surface area contributed by atoms with Crippen LogP contribution in [-0.2, 0) is 4.74 Å². The molecule has 19 heavy (non-hydrogen) atoms. The number of ether oxygens (including phenoxy) is 1. The van der Waals surface area contributed by atoms with Gasteiger partial charge in [0.05, 0.1) is 5.56 Å². The fraction of sp³-hybridized carbons (Fsp3) is 0.0625. The van der Waals surface area contributed by atoms with Gasteiger partial charge in [-0.3, -0.25) is 0 Å². The van der Waals surface area contributed by atoms with E-state index in [0.717, 1.165) is 5.56 Å². The summed E-state index contributed by atoms with van der Waals surface area (Å²) in [5.41, 5.74) is 1.48. The van der Waals surface area contributed by atoms with E-state index in [1.807, 2.05) is 36.4 Å². The first kappa shape index (κ1) is 12.9. The summed E-state index contributed by atoms with van der Waals surface area (Å²) in [6, 6.07) is 15.7. The van der Waals surface area contributed by atoms with Crippen LogP contribution in [0.5, 0.6) is 5.75 Å². The molecule has 0 unspecified atom stereocenters. The largest absolute Gasteiger partial charge is 0.508 e. The third-order valence-corrected chi connectivity index (χ3v) is 2.52. The normalized spacial score (nSPS) is 10.5. The van der Waals surface area contributed by atoms with Gasteiger partial charge in [-0.1, -0.05) is 36.4 Å². The van der Waals surface area contributed by atoms with E-state index in [-0.39, 0.29) is 12.4 Å². The zero-order valence-electron chi connectivity index (χ0n) is 10.3. The molecule has 0 spiro atoms. The van der Waals surface area contributed by atoms with E-state index in [1.165, 1.54) is 24.3 Å². The van der Waals surface area contributed by atoms with Crippen molar-refractivity contribution in [3.05, 3.63) is 71.8 Å². The van der Waals surface area contributed by atoms with E-state index in [9.17, 15) is 4.79 Å². The quantitative estimate of drug-likeness (QED) is 0.852. The van der Waals surface area contributed by atoms with Gasteiger partial charge in [0.15, 0.2) is 0 Å². The van der Waals surface area contributed by atoms with Crippen molar-refractivity contribution in [1.82, 2.24) is 0 Å². The van der Waals surface area contributed by atoms with Crippen LogP contribution in [0.4, 0.5) is 0 Å². The standard InChI is InChI=1S/C16H14O3/c17-15-10-8-14(9-11-15)16(18)19-12-4-7-13-5-2-1-3-6-13/h1-11,17H,12H2/b7-4-. The molecular weight excluding hydrogens is 240 g/mol. The number of carbonyl (C=O) groups is 1. The van der Waals surface area contributed by atoms with Crippen LogP contribution in [0, 0.1) is 0 Å². The maximum atomic E-state index is 11.6. The molecule has 2 rings (SSSR count). The number of phenols is 1. The number of rotatable bonds is 4. The fourth-order valence-electron chi connectivity index (χ4n) is 1.55. The van der Waals surface area contributed by atoms with Gasteiger partial charge in [0.2, 0.25) is 0 Å². The maximum Gasteiger partial charge on any atom is 0.338 e. The average Bonchev–Trinajstić information content (AvgIpc) is 2.45. The van der Waals surface area contributed by atoms with Crippen molar-refractivity contribution in [3.8, 4) is 5.75 Å². The SMILES string of the molecule is O=C(OC/C=C\c1ccccc1)c1ccc(O)cc1. The molecule has 0 amide bonds. The lowest BCUT2D eigenvalue weighted by molar-refractivity contribution is 0.0550. The Morgan fingerprint density at radius 1 is 1.05 bits per heavy atom. The summed E-state index contributed by atoms with van der Waals surface area (Å²) in [4.78, 5) is 11.6. The Morgan fingerprint density at radius 3 is 2.42 bits per heavy atom. The molecule has 0 aliphatic rings. The van der Waals surface area contributed by atoms with E-state index < -0.39 is 5.97 Å². The second-order valence-electron chi connectivity index (χ2n) is 3.96. The predicted molar refractivity (Wildman–Crippen MR) is 73.9 cm³/mol. The monoisotopic (exact) mass is 254 g/mol. The van der Waals surface area contributed by atoms with Crippen molar-refractivity contribution in [2.45, 2.75) is 0 Å². The van der Waals surface area contributed by atoms with E-state index >= 15 is 0 Å². The number of esters is 1. The lowest BCUT2D eigenvalue weighted by Crippen LogP contribution is -2.04. The van der Waals surface area contributed by atoms with Crippen LogP contribution in [0.1, 0.15) is 15.9 Å². The lowest BCUT2D eigenvalue weighted by atomic mass is 10.2. The molecule has 3 nitrogen and oxygen atoms in total. The zero-order chi connectivity index (χ0) is 13.5. The number of hydrogen-bond acceptors (Lipinski definition) is 3. The summed E-state index contributed by atoms with van der Waals surface area (Å²) in [6.45, 7) is 0.217. The summed E-state index contributed by atoms with van der Waals surface area (Å²) in [5, 5.41) is 9.12. The topological polar surface area (TPSA) is 46.5 Å². The maximum absolute atomic E-state index is 11.6. The van der Waals surface area contributed by atoms with E-state index in [1.54, 1.807) is 6.08 Å². The molecule has 0 fully saturated rings. The number of benzene rings is 2. The van der Waals surface area contributed by atoms with Gasteiger partial charge in [0, 0.05) is 0 Å². The van der Waals surface area contributed by atoms with Crippen LogP contribution in [0.2, 0.25) is 0 Å². The van der Waals surface area contributed by atoms with Gasteiger partial charge in [0.1, 0.15) is 12.4 Å². The van der Waals surface area contributed by atoms with E-state index in [4.69, 9.17) is 9.84 Å². The molecule has 0 atom stereocenters. The fourth-order valence-corrected chi connectivity index (χ4v) is 1.55. The highest BCUT2D eigenvalue weighted by atomic mass is 16.5. The molecule has 2 aromatic carbocycles. The van der Waals surface area contributed by atoms with Crippen molar-refractivity contribution < 1.29 is 14.6 Å².